The molecule has 0 amide bonds. The van der Waals surface area contributed by atoms with E-state index >= 15 is 0 Å². The van der Waals surface area contributed by atoms with E-state index in [4.69, 9.17) is 0 Å². The van der Waals surface area contributed by atoms with E-state index in [1.54, 1.807) is 23.9 Å². The maximum Gasteiger partial charge on any atom is 0.283 e. The average molecular weight is 262 g/mol. The molecule has 0 aliphatic carbocycles. The lowest BCUT2D eigenvalue weighted by atomic mass is 10.2. The highest BCUT2D eigenvalue weighted by molar-refractivity contribution is 9.10. The Morgan fingerprint density at radius 1 is 1.62 bits per heavy atom. The molecule has 0 aromatic heterocycles. The zero-order valence-electron chi connectivity index (χ0n) is 6.99. The van der Waals surface area contributed by atoms with Crippen molar-refractivity contribution in [1.82, 2.24) is 0 Å². The predicted octanol–water partition coefficient (Wildman–Crippen LogP) is 3.22. The van der Waals surface area contributed by atoms with Gasteiger partial charge >= 0.3 is 0 Å². The summed E-state index contributed by atoms with van der Waals surface area (Å²) in [6, 6.07) is 5.19. The van der Waals surface area contributed by atoms with Gasteiger partial charge in [0.05, 0.1) is 9.40 Å². The molecule has 13 heavy (non-hydrogen) atoms. The smallest absolute Gasteiger partial charge is 0.258 e. The number of rotatable bonds is 3. The first-order chi connectivity index (χ1) is 6.15. The SMILES string of the molecule is CSCc1ccc(Br)c([N+](=O)[O-])c1. The van der Waals surface area contributed by atoms with Crippen molar-refractivity contribution in [1.29, 1.82) is 0 Å². The fourth-order valence-corrected chi connectivity index (χ4v) is 1.86. The van der Waals surface area contributed by atoms with Crippen LogP contribution in [0.5, 0.6) is 0 Å². The van der Waals surface area contributed by atoms with E-state index in [0.717, 1.165) is 11.3 Å². The molecule has 0 radical (unpaired) electrons. The zero-order valence-corrected chi connectivity index (χ0v) is 9.39. The van der Waals surface area contributed by atoms with Crippen LogP contribution in [0.25, 0.3) is 0 Å². The molecule has 1 rings (SSSR count). The number of benzene rings is 1. The quantitative estimate of drug-likeness (QED) is 0.620. The van der Waals surface area contributed by atoms with Crippen LogP contribution < -0.4 is 0 Å². The molecule has 3 nitrogen and oxygen atoms in total. The summed E-state index contributed by atoms with van der Waals surface area (Å²) in [4.78, 5) is 10.2. The monoisotopic (exact) mass is 261 g/mol. The minimum atomic E-state index is -0.381. The zero-order chi connectivity index (χ0) is 9.84. The number of hydrogen-bond donors (Lipinski definition) is 0. The average Bonchev–Trinajstić information content (AvgIpc) is 2.08. The molecular formula is C8H8BrNO2S. The molecule has 0 fully saturated rings. The Labute approximate surface area is 88.8 Å². The van der Waals surface area contributed by atoms with Crippen molar-refractivity contribution in [2.75, 3.05) is 6.26 Å². The number of nitro benzene ring substituents is 1. The molecule has 1 aromatic carbocycles. The van der Waals surface area contributed by atoms with Crippen LogP contribution in [0.4, 0.5) is 5.69 Å². The second kappa shape index (κ2) is 4.62. The van der Waals surface area contributed by atoms with Crippen LogP contribution in [-0.2, 0) is 5.75 Å². The highest BCUT2D eigenvalue weighted by Gasteiger charge is 2.11. The molecule has 0 saturated carbocycles. The van der Waals surface area contributed by atoms with Crippen LogP contribution in [-0.4, -0.2) is 11.2 Å². The van der Waals surface area contributed by atoms with Gasteiger partial charge in [0.15, 0.2) is 0 Å². The van der Waals surface area contributed by atoms with Gasteiger partial charge in [-0.05, 0) is 33.8 Å². The van der Waals surface area contributed by atoms with Gasteiger partial charge in [-0.3, -0.25) is 10.1 Å². The van der Waals surface area contributed by atoms with Crippen LogP contribution in [0.15, 0.2) is 22.7 Å². The summed E-state index contributed by atoms with van der Waals surface area (Å²) in [5.41, 5.74) is 1.11. The summed E-state index contributed by atoms with van der Waals surface area (Å²) >= 11 is 4.78. The van der Waals surface area contributed by atoms with Gasteiger partial charge in [0, 0.05) is 11.8 Å². The van der Waals surface area contributed by atoms with Crippen LogP contribution in [0.3, 0.4) is 0 Å². The molecule has 0 aliphatic rings. The van der Waals surface area contributed by atoms with Gasteiger partial charge in [0.25, 0.3) is 5.69 Å². The maximum atomic E-state index is 10.5. The van der Waals surface area contributed by atoms with Crippen molar-refractivity contribution in [3.05, 3.63) is 38.3 Å². The summed E-state index contributed by atoms with van der Waals surface area (Å²) in [6.45, 7) is 0. The topological polar surface area (TPSA) is 43.1 Å². The van der Waals surface area contributed by atoms with E-state index in [-0.39, 0.29) is 10.6 Å². The lowest BCUT2D eigenvalue weighted by Gasteiger charge is -1.99. The highest BCUT2D eigenvalue weighted by Crippen LogP contribution is 2.26. The first-order valence-corrected chi connectivity index (χ1v) is 5.75. The van der Waals surface area contributed by atoms with Crippen molar-refractivity contribution in [2.24, 2.45) is 0 Å². The van der Waals surface area contributed by atoms with E-state index in [1.165, 1.54) is 0 Å². The van der Waals surface area contributed by atoms with Crippen LogP contribution in [0, 0.1) is 10.1 Å². The number of halogens is 1. The van der Waals surface area contributed by atoms with E-state index in [1.807, 2.05) is 12.3 Å². The molecule has 5 heteroatoms. The molecule has 0 saturated heterocycles. The number of nitro groups is 1. The number of hydrogen-bond acceptors (Lipinski definition) is 3. The third-order valence-electron chi connectivity index (χ3n) is 1.52. The normalized spacial score (nSPS) is 10.0. The Morgan fingerprint density at radius 3 is 2.85 bits per heavy atom. The molecule has 70 valence electrons. The summed E-state index contributed by atoms with van der Waals surface area (Å²) in [7, 11) is 0. The summed E-state index contributed by atoms with van der Waals surface area (Å²) < 4.78 is 0.530. The maximum absolute atomic E-state index is 10.5. The van der Waals surface area contributed by atoms with E-state index < -0.39 is 0 Å². The molecule has 0 N–H and O–H groups in total. The van der Waals surface area contributed by atoms with Crippen molar-refractivity contribution >= 4 is 33.4 Å². The Bertz CT molecular complexity index is 330. The minimum absolute atomic E-state index is 0.131. The Kier molecular flexibility index (Phi) is 3.74. The van der Waals surface area contributed by atoms with E-state index in [9.17, 15) is 10.1 Å². The Balaban J connectivity index is 3.04. The fraction of sp³-hybridized carbons (Fsp3) is 0.250. The molecular weight excluding hydrogens is 254 g/mol. The van der Waals surface area contributed by atoms with Crippen molar-refractivity contribution in [2.45, 2.75) is 5.75 Å². The Hall–Kier alpha value is -0.550. The van der Waals surface area contributed by atoms with Crippen LogP contribution in [0.1, 0.15) is 5.56 Å². The van der Waals surface area contributed by atoms with Crippen LogP contribution >= 0.6 is 27.7 Å². The van der Waals surface area contributed by atoms with Gasteiger partial charge in [-0.15, -0.1) is 0 Å². The molecule has 0 spiro atoms. The second-order valence-electron chi connectivity index (χ2n) is 2.48. The number of thioether (sulfide) groups is 1. The Morgan fingerprint density at radius 2 is 2.31 bits per heavy atom. The van der Waals surface area contributed by atoms with Crippen LogP contribution in [0.2, 0.25) is 0 Å². The molecule has 0 heterocycles. The molecule has 0 aliphatic heterocycles. The number of nitrogens with zero attached hydrogens (tertiary/aromatic N) is 1. The van der Waals surface area contributed by atoms with Crippen molar-refractivity contribution in [3.63, 3.8) is 0 Å². The molecule has 0 atom stereocenters. The first-order valence-electron chi connectivity index (χ1n) is 3.57. The second-order valence-corrected chi connectivity index (χ2v) is 4.20. The largest absolute Gasteiger partial charge is 0.283 e. The van der Waals surface area contributed by atoms with Gasteiger partial charge < -0.3 is 0 Å². The van der Waals surface area contributed by atoms with Gasteiger partial charge in [-0.1, -0.05) is 6.07 Å². The summed E-state index contributed by atoms with van der Waals surface area (Å²) in [6.07, 6.45) is 1.97. The van der Waals surface area contributed by atoms with E-state index in [2.05, 4.69) is 15.9 Å². The third-order valence-corrected chi connectivity index (χ3v) is 2.81. The summed E-state index contributed by atoms with van der Waals surface area (Å²) in [5.74, 6) is 0.800. The lowest BCUT2D eigenvalue weighted by molar-refractivity contribution is -0.385. The fourth-order valence-electron chi connectivity index (χ4n) is 0.955. The highest BCUT2D eigenvalue weighted by atomic mass is 79.9. The first kappa shape index (κ1) is 10.5. The van der Waals surface area contributed by atoms with Gasteiger partial charge in [0.1, 0.15) is 0 Å². The third kappa shape index (κ3) is 2.70. The van der Waals surface area contributed by atoms with Crippen molar-refractivity contribution in [3.8, 4) is 0 Å². The van der Waals surface area contributed by atoms with E-state index in [0.29, 0.717) is 4.47 Å². The van der Waals surface area contributed by atoms with Gasteiger partial charge in [-0.2, -0.15) is 11.8 Å². The molecule has 0 unspecified atom stereocenters. The molecule has 0 bridgehead atoms. The standard InChI is InChI=1S/C8H8BrNO2S/c1-13-5-6-2-3-7(9)8(4-6)10(11)12/h2-4H,5H2,1H3. The minimum Gasteiger partial charge on any atom is -0.258 e. The molecule has 1 aromatic rings. The lowest BCUT2D eigenvalue weighted by Crippen LogP contribution is -1.91. The van der Waals surface area contributed by atoms with Crippen molar-refractivity contribution < 1.29 is 4.92 Å². The predicted molar refractivity (Wildman–Crippen MR) is 58.0 cm³/mol. The summed E-state index contributed by atoms with van der Waals surface area (Å²) in [5, 5.41) is 10.5. The van der Waals surface area contributed by atoms with Gasteiger partial charge in [0.2, 0.25) is 0 Å². The van der Waals surface area contributed by atoms with Gasteiger partial charge in [-0.25, -0.2) is 0 Å².